The quantitative estimate of drug-likeness (QED) is 0.657. The third-order valence-corrected chi connectivity index (χ3v) is 9.71. The van der Waals surface area contributed by atoms with Crippen molar-refractivity contribution >= 4 is 11.5 Å². The molecular formula is C30H44N6O. The number of nitrogens with zero attached hydrogens (tertiary/aromatic N) is 5. The Morgan fingerprint density at radius 2 is 1.86 bits per heavy atom. The highest BCUT2D eigenvalue weighted by atomic mass is 16.5. The van der Waals surface area contributed by atoms with E-state index in [2.05, 4.69) is 52.2 Å². The van der Waals surface area contributed by atoms with Gasteiger partial charge >= 0.3 is 6.01 Å². The van der Waals surface area contributed by atoms with Gasteiger partial charge < -0.3 is 24.8 Å². The van der Waals surface area contributed by atoms with Crippen molar-refractivity contribution in [3.05, 3.63) is 40.6 Å². The number of likely N-dealkylation sites (N-methyl/N-ethyl adjacent to an activating group) is 1. The largest absolute Gasteiger partial charge is 0.462 e. The third kappa shape index (κ3) is 4.48. The number of nitrogens with one attached hydrogen (secondary N) is 1. The number of benzene rings is 1. The van der Waals surface area contributed by atoms with Gasteiger partial charge in [-0.05, 0) is 88.1 Å². The third-order valence-electron chi connectivity index (χ3n) is 9.71. The van der Waals surface area contributed by atoms with Crippen LogP contribution < -0.4 is 19.9 Å². The molecule has 0 spiro atoms. The van der Waals surface area contributed by atoms with Crippen LogP contribution in [0, 0.1) is 0 Å². The van der Waals surface area contributed by atoms with E-state index in [0.29, 0.717) is 36.7 Å². The number of piperazine rings is 1. The molecule has 4 atom stereocenters. The Morgan fingerprint density at radius 1 is 1.00 bits per heavy atom. The molecule has 4 aliphatic heterocycles. The van der Waals surface area contributed by atoms with Crippen LogP contribution >= 0.6 is 0 Å². The van der Waals surface area contributed by atoms with E-state index in [1.54, 1.807) is 11.1 Å². The predicted molar refractivity (Wildman–Crippen MR) is 150 cm³/mol. The molecule has 200 valence electrons. The molecular weight excluding hydrogens is 460 g/mol. The molecule has 1 N–H and O–H groups in total. The summed E-state index contributed by atoms with van der Waals surface area (Å²) < 4.78 is 6.35. The summed E-state index contributed by atoms with van der Waals surface area (Å²) in [6.45, 7) is 8.18. The van der Waals surface area contributed by atoms with Crippen LogP contribution in [0.3, 0.4) is 0 Å². The predicted octanol–water partition coefficient (Wildman–Crippen LogP) is 4.14. The van der Waals surface area contributed by atoms with Gasteiger partial charge in [0.05, 0.1) is 12.2 Å². The number of likely N-dealkylation sites (tertiary alicyclic amines) is 1. The minimum Gasteiger partial charge on any atom is -0.462 e. The van der Waals surface area contributed by atoms with E-state index in [1.165, 1.54) is 56.2 Å². The van der Waals surface area contributed by atoms with Crippen molar-refractivity contribution in [3.8, 4) is 6.01 Å². The number of aryl methyl sites for hydroxylation is 1. The first-order chi connectivity index (χ1) is 18.1. The van der Waals surface area contributed by atoms with E-state index in [1.807, 2.05) is 0 Å². The van der Waals surface area contributed by atoms with Crippen molar-refractivity contribution in [2.45, 2.75) is 88.9 Å². The second-order valence-corrected chi connectivity index (χ2v) is 12.2. The summed E-state index contributed by atoms with van der Waals surface area (Å²) in [7, 11) is 2.20. The van der Waals surface area contributed by atoms with Crippen molar-refractivity contribution in [2.75, 3.05) is 49.6 Å². The highest BCUT2D eigenvalue weighted by Crippen LogP contribution is 2.40. The molecule has 7 heteroatoms. The van der Waals surface area contributed by atoms with Crippen molar-refractivity contribution in [1.29, 1.82) is 0 Å². The van der Waals surface area contributed by atoms with Gasteiger partial charge in [-0.3, -0.25) is 0 Å². The molecule has 2 bridgehead atoms. The Morgan fingerprint density at radius 3 is 2.68 bits per heavy atom. The summed E-state index contributed by atoms with van der Waals surface area (Å²) in [6, 6.07) is 9.15. The zero-order valence-electron chi connectivity index (χ0n) is 22.6. The normalized spacial score (nSPS) is 29.4. The molecule has 1 aromatic carbocycles. The average Bonchev–Trinajstić information content (AvgIpc) is 3.49. The lowest BCUT2D eigenvalue weighted by Crippen LogP contribution is -2.52. The van der Waals surface area contributed by atoms with Gasteiger partial charge in [0.25, 0.3) is 0 Å². The van der Waals surface area contributed by atoms with Crippen molar-refractivity contribution in [1.82, 2.24) is 20.2 Å². The molecule has 2 aromatic rings. The van der Waals surface area contributed by atoms with Crippen LogP contribution in [0.5, 0.6) is 6.01 Å². The molecule has 0 radical (unpaired) electrons. The first-order valence-corrected chi connectivity index (χ1v) is 14.7. The van der Waals surface area contributed by atoms with E-state index >= 15 is 0 Å². The van der Waals surface area contributed by atoms with Gasteiger partial charge in [-0.2, -0.15) is 9.97 Å². The minimum absolute atomic E-state index is 0. The van der Waals surface area contributed by atoms with Crippen LogP contribution in [-0.4, -0.2) is 72.8 Å². The number of rotatable bonds is 5. The van der Waals surface area contributed by atoms with Gasteiger partial charge in [-0.25, -0.2) is 0 Å². The monoisotopic (exact) mass is 504 g/mol. The number of fused-ring (bicyclic) bond motifs is 4. The molecule has 1 aliphatic carbocycles. The maximum absolute atomic E-state index is 6.35. The number of ether oxygens (including phenoxy) is 1. The fourth-order valence-electron chi connectivity index (χ4n) is 7.66. The van der Waals surface area contributed by atoms with Crippen LogP contribution in [-0.2, 0) is 19.4 Å². The molecule has 7 rings (SSSR count). The van der Waals surface area contributed by atoms with Gasteiger partial charge in [0.2, 0.25) is 0 Å². The van der Waals surface area contributed by atoms with Gasteiger partial charge in [0, 0.05) is 50.4 Å². The summed E-state index contributed by atoms with van der Waals surface area (Å²) in [5.41, 5.74) is 7.06. The lowest BCUT2D eigenvalue weighted by molar-refractivity contribution is 0.187. The Bertz CT molecular complexity index is 1150. The van der Waals surface area contributed by atoms with Crippen LogP contribution in [0.1, 0.15) is 75.2 Å². The van der Waals surface area contributed by atoms with Crippen LogP contribution in [0.4, 0.5) is 11.5 Å². The van der Waals surface area contributed by atoms with E-state index < -0.39 is 0 Å². The second kappa shape index (κ2) is 9.73. The standard InChI is InChI=1S/C30H42N6O.H2/c1-20-6-3-7-21-8-4-10-27(28(20)21)35-15-13-25-26(18-35)32-30(37-19-24-9-5-14-34(24)2)33-29(25)36-16-22-11-12-23(17-36)31-22;/h4,8,10,20,22-24,31H,3,5-7,9,11-19H2,1-2H3;1H/t20?,22?,23?,24-;/m0./s1. The zero-order chi connectivity index (χ0) is 24.9. The Kier molecular flexibility index (Phi) is 6.24. The van der Waals surface area contributed by atoms with Crippen molar-refractivity contribution in [3.63, 3.8) is 0 Å². The summed E-state index contributed by atoms with van der Waals surface area (Å²) in [4.78, 5) is 17.7. The smallest absolute Gasteiger partial charge is 0.318 e. The Labute approximate surface area is 223 Å². The second-order valence-electron chi connectivity index (χ2n) is 12.2. The lowest BCUT2D eigenvalue weighted by Gasteiger charge is -2.38. The molecule has 0 amide bonds. The highest BCUT2D eigenvalue weighted by Gasteiger charge is 2.36. The van der Waals surface area contributed by atoms with Gasteiger partial charge in [-0.1, -0.05) is 19.1 Å². The zero-order valence-corrected chi connectivity index (χ0v) is 22.6. The first kappa shape index (κ1) is 23.7. The van der Waals surface area contributed by atoms with E-state index in [4.69, 9.17) is 14.7 Å². The Balaban J connectivity index is 0.00000264. The summed E-state index contributed by atoms with van der Waals surface area (Å²) in [5, 5.41) is 3.78. The lowest BCUT2D eigenvalue weighted by atomic mass is 9.82. The maximum atomic E-state index is 6.35. The van der Waals surface area contributed by atoms with E-state index in [0.717, 1.165) is 50.7 Å². The summed E-state index contributed by atoms with van der Waals surface area (Å²) in [6.07, 6.45) is 9.80. The molecule has 5 heterocycles. The molecule has 1 aromatic heterocycles. The topological polar surface area (TPSA) is 56.8 Å². The van der Waals surface area contributed by atoms with Gasteiger partial charge in [-0.15, -0.1) is 0 Å². The molecule has 37 heavy (non-hydrogen) atoms. The molecule has 3 unspecified atom stereocenters. The van der Waals surface area contributed by atoms with E-state index in [9.17, 15) is 0 Å². The molecule has 7 nitrogen and oxygen atoms in total. The Hall–Kier alpha value is -2.38. The highest BCUT2D eigenvalue weighted by molar-refractivity contribution is 5.62. The van der Waals surface area contributed by atoms with Crippen LogP contribution in [0.15, 0.2) is 18.2 Å². The first-order valence-electron chi connectivity index (χ1n) is 14.7. The van der Waals surface area contributed by atoms with Crippen molar-refractivity contribution in [2.24, 2.45) is 0 Å². The number of anilines is 2. The summed E-state index contributed by atoms with van der Waals surface area (Å²) in [5.74, 6) is 1.77. The van der Waals surface area contributed by atoms with Gasteiger partial charge in [0.1, 0.15) is 12.4 Å². The minimum atomic E-state index is 0. The summed E-state index contributed by atoms with van der Waals surface area (Å²) >= 11 is 0. The maximum Gasteiger partial charge on any atom is 0.318 e. The number of hydrogen-bond acceptors (Lipinski definition) is 7. The van der Waals surface area contributed by atoms with Crippen LogP contribution in [0.2, 0.25) is 0 Å². The number of aromatic nitrogens is 2. The molecule has 3 saturated heterocycles. The number of hydrogen-bond donors (Lipinski definition) is 1. The SMILES string of the molecule is CC1CCCc2cccc(N3CCc4c(nc(OC[C@@H]5CCCN5C)nc4N4CC5CCC(C4)N5)C3)c21.[HH]. The molecule has 3 fully saturated rings. The molecule has 5 aliphatic rings. The fourth-order valence-corrected chi connectivity index (χ4v) is 7.66. The van der Waals surface area contributed by atoms with E-state index in [-0.39, 0.29) is 1.43 Å². The fraction of sp³-hybridized carbons (Fsp3) is 0.667. The molecule has 0 saturated carbocycles. The van der Waals surface area contributed by atoms with Crippen LogP contribution in [0.25, 0.3) is 0 Å². The van der Waals surface area contributed by atoms with Crippen molar-refractivity contribution < 1.29 is 6.16 Å². The average molecular weight is 505 g/mol. The van der Waals surface area contributed by atoms with Gasteiger partial charge in [0.15, 0.2) is 0 Å².